The van der Waals surface area contributed by atoms with Gasteiger partial charge >= 0.3 is 12.2 Å². The minimum absolute atomic E-state index is 0.103. The molecule has 1 atom stereocenters. The predicted octanol–water partition coefficient (Wildman–Crippen LogP) is 2.24. The quantitative estimate of drug-likeness (QED) is 0.837. The highest BCUT2D eigenvalue weighted by Gasteiger charge is 2.35. The van der Waals surface area contributed by atoms with E-state index in [2.05, 4.69) is 21.9 Å². The van der Waals surface area contributed by atoms with Crippen molar-refractivity contribution in [2.45, 2.75) is 38.4 Å². The number of aromatic nitrogens is 1. The number of carbonyl (C=O) groups is 2. The SMILES string of the molecule is CC1CCCCN1C(=O)CN1CCN(C(=O)Nc2cc(C(F)(F)F)no2)CC1. The molecule has 3 rings (SSSR count). The number of alkyl halides is 3. The van der Waals surface area contributed by atoms with Crippen LogP contribution in [0.25, 0.3) is 0 Å². The Morgan fingerprint density at radius 2 is 1.93 bits per heavy atom. The Bertz CT molecular complexity index is 700. The molecule has 1 unspecified atom stereocenters. The summed E-state index contributed by atoms with van der Waals surface area (Å²) in [5, 5.41) is 5.18. The first kappa shape index (κ1) is 20.4. The number of urea groups is 1. The van der Waals surface area contributed by atoms with Crippen LogP contribution in [0.5, 0.6) is 0 Å². The zero-order valence-corrected chi connectivity index (χ0v) is 15.7. The molecule has 0 aromatic carbocycles. The smallest absolute Gasteiger partial charge is 0.339 e. The number of likely N-dealkylation sites (tertiary alicyclic amines) is 1. The first-order valence-electron chi connectivity index (χ1n) is 9.35. The molecule has 11 heteroatoms. The summed E-state index contributed by atoms with van der Waals surface area (Å²) in [7, 11) is 0. The van der Waals surface area contributed by atoms with Gasteiger partial charge in [-0.25, -0.2) is 4.79 Å². The number of piperidine rings is 1. The molecule has 0 saturated carbocycles. The van der Waals surface area contributed by atoms with Gasteiger partial charge in [-0.1, -0.05) is 5.16 Å². The van der Waals surface area contributed by atoms with Crippen LogP contribution >= 0.6 is 0 Å². The molecule has 1 aromatic heterocycles. The molecule has 8 nitrogen and oxygen atoms in total. The Balaban J connectivity index is 1.45. The molecule has 2 aliphatic heterocycles. The van der Waals surface area contributed by atoms with Crippen LogP contribution in [0.4, 0.5) is 23.8 Å². The number of anilines is 1. The average Bonchev–Trinajstić information content (AvgIpc) is 3.11. The minimum Gasteiger partial charge on any atom is -0.339 e. The van der Waals surface area contributed by atoms with Crippen molar-refractivity contribution in [3.8, 4) is 0 Å². The van der Waals surface area contributed by atoms with E-state index in [1.807, 2.05) is 9.80 Å². The Labute approximate surface area is 160 Å². The predicted molar refractivity (Wildman–Crippen MR) is 93.6 cm³/mol. The lowest BCUT2D eigenvalue weighted by molar-refractivity contribution is -0.142. The van der Waals surface area contributed by atoms with Gasteiger partial charge in [0.15, 0.2) is 5.69 Å². The molecular weight excluding hydrogens is 379 g/mol. The maximum absolute atomic E-state index is 12.5. The van der Waals surface area contributed by atoms with Gasteiger partial charge in [-0.15, -0.1) is 0 Å². The Hall–Kier alpha value is -2.30. The molecule has 0 bridgehead atoms. The van der Waals surface area contributed by atoms with Gasteiger partial charge in [0.2, 0.25) is 11.8 Å². The van der Waals surface area contributed by atoms with Crippen LogP contribution in [0, 0.1) is 0 Å². The molecule has 3 amide bonds. The number of carbonyl (C=O) groups excluding carboxylic acids is 2. The second-order valence-corrected chi connectivity index (χ2v) is 7.20. The van der Waals surface area contributed by atoms with Crippen LogP contribution in [0.3, 0.4) is 0 Å². The first-order chi connectivity index (χ1) is 13.2. The molecule has 1 N–H and O–H groups in total. The van der Waals surface area contributed by atoms with Crippen molar-refractivity contribution < 1.29 is 27.3 Å². The van der Waals surface area contributed by atoms with E-state index >= 15 is 0 Å². The van der Waals surface area contributed by atoms with Crippen molar-refractivity contribution in [2.75, 3.05) is 44.6 Å². The third kappa shape index (κ3) is 4.94. The van der Waals surface area contributed by atoms with Crippen LogP contribution in [-0.4, -0.2) is 77.1 Å². The highest BCUT2D eigenvalue weighted by molar-refractivity contribution is 5.88. The lowest BCUT2D eigenvalue weighted by atomic mass is 10.0. The van der Waals surface area contributed by atoms with E-state index in [-0.39, 0.29) is 17.8 Å². The van der Waals surface area contributed by atoms with Gasteiger partial charge in [-0.2, -0.15) is 13.2 Å². The third-order valence-corrected chi connectivity index (χ3v) is 5.17. The van der Waals surface area contributed by atoms with Crippen molar-refractivity contribution >= 4 is 17.8 Å². The zero-order valence-electron chi connectivity index (χ0n) is 15.7. The number of hydrogen-bond donors (Lipinski definition) is 1. The van der Waals surface area contributed by atoms with E-state index in [0.717, 1.165) is 25.8 Å². The summed E-state index contributed by atoms with van der Waals surface area (Å²) in [5.74, 6) is -0.250. The number of amides is 3. The molecule has 3 heterocycles. The number of halogens is 3. The first-order valence-corrected chi connectivity index (χ1v) is 9.35. The number of piperazine rings is 1. The van der Waals surface area contributed by atoms with Gasteiger partial charge in [0.1, 0.15) is 0 Å². The average molecular weight is 403 g/mol. The van der Waals surface area contributed by atoms with Crippen LogP contribution in [0.1, 0.15) is 31.9 Å². The number of nitrogens with one attached hydrogen (secondary N) is 1. The second-order valence-electron chi connectivity index (χ2n) is 7.20. The van der Waals surface area contributed by atoms with Crippen molar-refractivity contribution in [3.05, 3.63) is 11.8 Å². The summed E-state index contributed by atoms with van der Waals surface area (Å²) in [6, 6.07) is 0.351. The van der Waals surface area contributed by atoms with Crippen molar-refractivity contribution in [2.24, 2.45) is 0 Å². The van der Waals surface area contributed by atoms with Crippen molar-refractivity contribution in [3.63, 3.8) is 0 Å². The van der Waals surface area contributed by atoms with Crippen LogP contribution in [-0.2, 0) is 11.0 Å². The molecule has 1 aromatic rings. The fraction of sp³-hybridized carbons (Fsp3) is 0.706. The third-order valence-electron chi connectivity index (χ3n) is 5.17. The van der Waals surface area contributed by atoms with Gasteiger partial charge in [0.25, 0.3) is 0 Å². The van der Waals surface area contributed by atoms with Crippen LogP contribution in [0.2, 0.25) is 0 Å². The lowest BCUT2D eigenvalue weighted by Crippen LogP contribution is -2.53. The summed E-state index contributed by atoms with van der Waals surface area (Å²) in [4.78, 5) is 30.1. The van der Waals surface area contributed by atoms with Crippen LogP contribution < -0.4 is 5.32 Å². The monoisotopic (exact) mass is 403 g/mol. The standard InChI is InChI=1S/C17H24F3N5O3/c1-12-4-2-3-5-25(12)15(26)11-23-6-8-24(9-7-23)16(27)21-14-10-13(22-28-14)17(18,19)20/h10,12H,2-9,11H2,1H3,(H,21,27). The van der Waals surface area contributed by atoms with Gasteiger partial charge in [-0.05, 0) is 26.2 Å². The van der Waals surface area contributed by atoms with E-state index in [9.17, 15) is 22.8 Å². The van der Waals surface area contributed by atoms with Gasteiger partial charge < -0.3 is 14.3 Å². The second kappa shape index (κ2) is 8.38. The number of nitrogens with zero attached hydrogens (tertiary/aromatic N) is 4. The minimum atomic E-state index is -4.63. The fourth-order valence-electron chi connectivity index (χ4n) is 3.51. The Kier molecular flexibility index (Phi) is 6.11. The fourth-order valence-corrected chi connectivity index (χ4v) is 3.51. The molecule has 2 fully saturated rings. The summed E-state index contributed by atoms with van der Waals surface area (Å²) >= 11 is 0. The van der Waals surface area contributed by atoms with Crippen LogP contribution in [0.15, 0.2) is 10.6 Å². The van der Waals surface area contributed by atoms with E-state index in [4.69, 9.17) is 0 Å². The molecule has 0 spiro atoms. The highest BCUT2D eigenvalue weighted by Crippen LogP contribution is 2.29. The molecule has 2 saturated heterocycles. The number of rotatable bonds is 3. The maximum Gasteiger partial charge on any atom is 0.436 e. The molecule has 156 valence electrons. The van der Waals surface area contributed by atoms with E-state index in [1.165, 1.54) is 4.90 Å². The Morgan fingerprint density at radius 1 is 1.21 bits per heavy atom. The zero-order chi connectivity index (χ0) is 20.3. The maximum atomic E-state index is 12.5. The highest BCUT2D eigenvalue weighted by atomic mass is 19.4. The van der Waals surface area contributed by atoms with E-state index in [0.29, 0.717) is 38.8 Å². The molecule has 0 radical (unpaired) electrons. The lowest BCUT2D eigenvalue weighted by Gasteiger charge is -2.37. The van der Waals surface area contributed by atoms with Crippen molar-refractivity contribution in [1.82, 2.24) is 19.9 Å². The summed E-state index contributed by atoms with van der Waals surface area (Å²) in [5.41, 5.74) is -1.20. The molecule has 28 heavy (non-hydrogen) atoms. The van der Waals surface area contributed by atoms with Gasteiger partial charge in [-0.3, -0.25) is 15.0 Å². The molecule has 0 aliphatic carbocycles. The van der Waals surface area contributed by atoms with E-state index in [1.54, 1.807) is 0 Å². The topological polar surface area (TPSA) is 81.9 Å². The summed E-state index contributed by atoms with van der Waals surface area (Å²) in [6.07, 6.45) is -1.43. The van der Waals surface area contributed by atoms with Gasteiger partial charge in [0, 0.05) is 44.8 Å². The van der Waals surface area contributed by atoms with Crippen molar-refractivity contribution in [1.29, 1.82) is 0 Å². The molecule has 2 aliphatic rings. The summed E-state index contributed by atoms with van der Waals surface area (Å²) in [6.45, 7) is 4.95. The largest absolute Gasteiger partial charge is 0.436 e. The number of hydrogen-bond acceptors (Lipinski definition) is 5. The Morgan fingerprint density at radius 3 is 2.54 bits per heavy atom. The molecular formula is C17H24F3N5O3. The summed E-state index contributed by atoms with van der Waals surface area (Å²) < 4.78 is 42.1. The van der Waals surface area contributed by atoms with Gasteiger partial charge in [0.05, 0.1) is 6.54 Å². The van der Waals surface area contributed by atoms with E-state index < -0.39 is 17.9 Å². The normalized spacial score (nSPS) is 21.6.